The molecule has 6 heteroatoms. The lowest BCUT2D eigenvalue weighted by Gasteiger charge is -2.10. The molecule has 1 aromatic carbocycles. The van der Waals surface area contributed by atoms with Crippen LogP contribution in [0.4, 0.5) is 5.95 Å². The summed E-state index contributed by atoms with van der Waals surface area (Å²) >= 11 is 7.78. The summed E-state index contributed by atoms with van der Waals surface area (Å²) < 4.78 is 0. The van der Waals surface area contributed by atoms with Crippen molar-refractivity contribution in [3.8, 4) is 0 Å². The maximum atomic E-state index is 6.16. The van der Waals surface area contributed by atoms with Crippen molar-refractivity contribution in [3.05, 3.63) is 40.9 Å². The maximum Gasteiger partial charge on any atom is 0.223 e. The van der Waals surface area contributed by atoms with Gasteiger partial charge in [-0.1, -0.05) is 36.6 Å². The van der Waals surface area contributed by atoms with Crippen LogP contribution >= 0.6 is 23.4 Å². The minimum atomic E-state index is 0.321. The zero-order valence-corrected chi connectivity index (χ0v) is 13.2. The monoisotopic (exact) mass is 320 g/mol. The van der Waals surface area contributed by atoms with E-state index < -0.39 is 0 Å². The van der Waals surface area contributed by atoms with Gasteiger partial charge in [-0.25, -0.2) is 4.98 Å². The Morgan fingerprint density at radius 2 is 1.90 bits per heavy atom. The Morgan fingerprint density at radius 1 is 1.14 bits per heavy atom. The number of nitrogens with zero attached hydrogens (tertiary/aromatic N) is 3. The Balaban J connectivity index is 1.74. The molecule has 1 aliphatic carbocycles. The third-order valence-corrected chi connectivity index (χ3v) is 5.14. The number of nitrogen functional groups attached to an aromatic ring is 1. The Bertz CT molecular complexity index is 629. The Morgan fingerprint density at radius 3 is 2.67 bits per heavy atom. The number of benzene rings is 1. The van der Waals surface area contributed by atoms with Gasteiger partial charge in [0.25, 0.3) is 0 Å². The van der Waals surface area contributed by atoms with E-state index in [0.717, 1.165) is 34.4 Å². The van der Waals surface area contributed by atoms with Crippen LogP contribution in [-0.2, 0) is 5.75 Å². The first-order chi connectivity index (χ1) is 10.2. The van der Waals surface area contributed by atoms with Gasteiger partial charge < -0.3 is 5.73 Å². The molecule has 3 rings (SSSR count). The fraction of sp³-hybridized carbons (Fsp3) is 0.400. The van der Waals surface area contributed by atoms with Crippen LogP contribution in [0.3, 0.4) is 0 Å². The summed E-state index contributed by atoms with van der Waals surface area (Å²) in [5.41, 5.74) is 5.83. The maximum absolute atomic E-state index is 6.16. The van der Waals surface area contributed by atoms with Gasteiger partial charge in [0.2, 0.25) is 5.95 Å². The van der Waals surface area contributed by atoms with E-state index in [1.54, 1.807) is 11.8 Å². The number of nitrogens with two attached hydrogens (primary N) is 1. The van der Waals surface area contributed by atoms with Gasteiger partial charge >= 0.3 is 0 Å². The molecule has 21 heavy (non-hydrogen) atoms. The standard InChI is InChI=1S/C15H17ClN4S/c16-11-7-3-4-8-12(11)21-9-13-18-14(20-15(17)19-13)10-5-1-2-6-10/h3-4,7-8,10H,1-2,5-6,9H2,(H2,17,18,19,20). The largest absolute Gasteiger partial charge is 0.368 e. The molecule has 1 aliphatic rings. The number of hydrogen-bond acceptors (Lipinski definition) is 5. The van der Waals surface area contributed by atoms with E-state index in [1.807, 2.05) is 24.3 Å². The highest BCUT2D eigenvalue weighted by atomic mass is 35.5. The molecule has 1 fully saturated rings. The molecule has 0 spiro atoms. The molecular formula is C15H17ClN4S. The van der Waals surface area contributed by atoms with Crippen molar-refractivity contribution >= 4 is 29.3 Å². The molecule has 1 saturated carbocycles. The first kappa shape index (κ1) is 14.6. The average Bonchev–Trinajstić information content (AvgIpc) is 3.00. The number of hydrogen-bond donors (Lipinski definition) is 1. The molecule has 0 atom stereocenters. The molecule has 0 unspecified atom stereocenters. The van der Waals surface area contributed by atoms with Gasteiger partial charge in [0.05, 0.1) is 10.8 Å². The van der Waals surface area contributed by atoms with Gasteiger partial charge in [-0.15, -0.1) is 11.8 Å². The van der Waals surface area contributed by atoms with Gasteiger partial charge in [0, 0.05) is 10.8 Å². The van der Waals surface area contributed by atoms with Gasteiger partial charge in [0.15, 0.2) is 0 Å². The number of rotatable bonds is 4. The van der Waals surface area contributed by atoms with Crippen LogP contribution in [0.5, 0.6) is 0 Å². The molecule has 2 N–H and O–H groups in total. The predicted molar refractivity (Wildman–Crippen MR) is 86.5 cm³/mol. The van der Waals surface area contributed by atoms with Crippen molar-refractivity contribution < 1.29 is 0 Å². The molecule has 4 nitrogen and oxygen atoms in total. The lowest BCUT2D eigenvalue weighted by Crippen LogP contribution is -2.09. The Labute approximate surface area is 133 Å². The Kier molecular flexibility index (Phi) is 4.60. The lowest BCUT2D eigenvalue weighted by molar-refractivity contribution is 0.657. The van der Waals surface area contributed by atoms with Crippen LogP contribution in [0.25, 0.3) is 0 Å². The van der Waals surface area contributed by atoms with Gasteiger partial charge in [0.1, 0.15) is 11.6 Å². The van der Waals surface area contributed by atoms with Crippen LogP contribution in [0, 0.1) is 0 Å². The fourth-order valence-corrected chi connectivity index (χ4v) is 3.69. The van der Waals surface area contributed by atoms with Crippen molar-refractivity contribution in [1.82, 2.24) is 15.0 Å². The minimum absolute atomic E-state index is 0.321. The minimum Gasteiger partial charge on any atom is -0.368 e. The topological polar surface area (TPSA) is 64.7 Å². The lowest BCUT2D eigenvalue weighted by atomic mass is 10.1. The zero-order valence-electron chi connectivity index (χ0n) is 11.6. The third kappa shape index (κ3) is 3.66. The van der Waals surface area contributed by atoms with Crippen LogP contribution in [-0.4, -0.2) is 15.0 Å². The van der Waals surface area contributed by atoms with E-state index in [-0.39, 0.29) is 0 Å². The fourth-order valence-electron chi connectivity index (χ4n) is 2.59. The van der Waals surface area contributed by atoms with Crippen molar-refractivity contribution in [1.29, 1.82) is 0 Å². The molecule has 2 aromatic rings. The second-order valence-electron chi connectivity index (χ2n) is 5.17. The van der Waals surface area contributed by atoms with E-state index in [1.165, 1.54) is 12.8 Å². The predicted octanol–water partition coefficient (Wildman–Crippen LogP) is 4.06. The quantitative estimate of drug-likeness (QED) is 0.861. The first-order valence-electron chi connectivity index (χ1n) is 7.10. The van der Waals surface area contributed by atoms with Gasteiger partial charge in [-0.05, 0) is 25.0 Å². The van der Waals surface area contributed by atoms with Crippen molar-refractivity contribution in [2.75, 3.05) is 5.73 Å². The highest BCUT2D eigenvalue weighted by Gasteiger charge is 2.21. The summed E-state index contributed by atoms with van der Waals surface area (Å²) in [4.78, 5) is 14.2. The smallest absolute Gasteiger partial charge is 0.223 e. The summed E-state index contributed by atoms with van der Waals surface area (Å²) in [5.74, 6) is 3.00. The summed E-state index contributed by atoms with van der Waals surface area (Å²) in [6.07, 6.45) is 4.81. The average molecular weight is 321 g/mol. The second kappa shape index (κ2) is 6.62. The molecule has 1 heterocycles. The van der Waals surface area contributed by atoms with E-state index in [4.69, 9.17) is 17.3 Å². The molecule has 0 aliphatic heterocycles. The zero-order chi connectivity index (χ0) is 14.7. The normalized spacial score (nSPS) is 15.5. The molecule has 0 bridgehead atoms. The molecule has 0 saturated heterocycles. The third-order valence-electron chi connectivity index (χ3n) is 3.63. The van der Waals surface area contributed by atoms with E-state index in [2.05, 4.69) is 15.0 Å². The summed E-state index contributed by atoms with van der Waals surface area (Å²) in [7, 11) is 0. The first-order valence-corrected chi connectivity index (χ1v) is 8.46. The second-order valence-corrected chi connectivity index (χ2v) is 6.59. The van der Waals surface area contributed by atoms with Crippen LogP contribution in [0.2, 0.25) is 5.02 Å². The molecule has 110 valence electrons. The van der Waals surface area contributed by atoms with Gasteiger partial charge in [-0.3, -0.25) is 0 Å². The summed E-state index contributed by atoms with van der Waals surface area (Å²) in [6, 6.07) is 7.77. The van der Waals surface area contributed by atoms with E-state index >= 15 is 0 Å². The number of halogens is 1. The number of aromatic nitrogens is 3. The SMILES string of the molecule is Nc1nc(CSc2ccccc2Cl)nc(C2CCCC2)n1. The summed E-state index contributed by atoms with van der Waals surface area (Å²) in [6.45, 7) is 0. The van der Waals surface area contributed by atoms with E-state index in [0.29, 0.717) is 17.6 Å². The van der Waals surface area contributed by atoms with Crippen molar-refractivity contribution in [2.24, 2.45) is 0 Å². The highest BCUT2D eigenvalue weighted by Crippen LogP contribution is 2.33. The molecular weight excluding hydrogens is 304 g/mol. The van der Waals surface area contributed by atoms with E-state index in [9.17, 15) is 0 Å². The van der Waals surface area contributed by atoms with Crippen molar-refractivity contribution in [3.63, 3.8) is 0 Å². The Hall–Kier alpha value is -1.33. The van der Waals surface area contributed by atoms with Crippen LogP contribution in [0.1, 0.15) is 43.3 Å². The molecule has 0 amide bonds. The van der Waals surface area contributed by atoms with Crippen LogP contribution < -0.4 is 5.73 Å². The number of anilines is 1. The van der Waals surface area contributed by atoms with Crippen LogP contribution in [0.15, 0.2) is 29.2 Å². The highest BCUT2D eigenvalue weighted by molar-refractivity contribution is 7.98. The van der Waals surface area contributed by atoms with Gasteiger partial charge in [-0.2, -0.15) is 9.97 Å². The van der Waals surface area contributed by atoms with Crippen molar-refractivity contribution in [2.45, 2.75) is 42.2 Å². The molecule has 1 aromatic heterocycles. The molecule has 0 radical (unpaired) electrons. The number of thioether (sulfide) groups is 1. The summed E-state index contributed by atoms with van der Waals surface area (Å²) in [5, 5.41) is 0.751.